The van der Waals surface area contributed by atoms with Crippen molar-refractivity contribution in [2.75, 3.05) is 33.3 Å². The lowest BCUT2D eigenvalue weighted by atomic mass is 9.75. The summed E-state index contributed by atoms with van der Waals surface area (Å²) in [6.07, 6.45) is 5.71. The van der Waals surface area contributed by atoms with Crippen molar-refractivity contribution in [3.8, 4) is 5.75 Å². The Bertz CT molecular complexity index is 988. The lowest BCUT2D eigenvalue weighted by Gasteiger charge is -2.43. The second-order valence-corrected chi connectivity index (χ2v) is 9.32. The molecule has 0 aliphatic carbocycles. The third-order valence-electron chi connectivity index (χ3n) is 7.44. The van der Waals surface area contributed by atoms with Crippen LogP contribution in [0.3, 0.4) is 0 Å². The van der Waals surface area contributed by atoms with Gasteiger partial charge in [0.2, 0.25) is 11.8 Å². The first-order valence-electron chi connectivity index (χ1n) is 11.4. The molecule has 3 aliphatic heterocycles. The predicted octanol–water partition coefficient (Wildman–Crippen LogP) is 1.87. The van der Waals surface area contributed by atoms with Crippen LogP contribution in [0, 0.1) is 11.8 Å². The Labute approximate surface area is 188 Å². The minimum atomic E-state index is -0.182. The molecule has 3 aliphatic rings. The second-order valence-electron chi connectivity index (χ2n) is 9.32. The standard InChI is InChI=1S/C25H30N4O3/c1-32-20-6-2-4-18(12-20)13-23(30)29-10-7-25(8-11-29)22-17-28(16-21(22)24(31)27-25)15-19-5-3-9-26-14-19/h2-6,9,12,14,21-22H,7-8,10-11,13,15-17H2,1H3,(H,27,31)/t21-,22+/m1/s1. The van der Waals surface area contributed by atoms with Crippen LogP contribution in [0.25, 0.3) is 0 Å². The third-order valence-corrected chi connectivity index (χ3v) is 7.44. The number of hydrogen-bond donors (Lipinski definition) is 1. The van der Waals surface area contributed by atoms with Crippen molar-refractivity contribution >= 4 is 11.8 Å². The summed E-state index contributed by atoms with van der Waals surface area (Å²) in [5, 5.41) is 3.35. The molecule has 0 saturated carbocycles. The van der Waals surface area contributed by atoms with Crippen molar-refractivity contribution in [3.63, 3.8) is 0 Å². The molecule has 2 aromatic rings. The van der Waals surface area contributed by atoms with Gasteiger partial charge in [0.15, 0.2) is 0 Å². The molecule has 2 atom stereocenters. The van der Waals surface area contributed by atoms with Crippen molar-refractivity contribution in [2.24, 2.45) is 11.8 Å². The van der Waals surface area contributed by atoms with E-state index in [4.69, 9.17) is 4.74 Å². The highest BCUT2D eigenvalue weighted by molar-refractivity contribution is 5.84. The van der Waals surface area contributed by atoms with Gasteiger partial charge in [-0.2, -0.15) is 0 Å². The van der Waals surface area contributed by atoms with Crippen molar-refractivity contribution in [1.29, 1.82) is 0 Å². The Morgan fingerprint density at radius 2 is 2.00 bits per heavy atom. The Balaban J connectivity index is 1.21. The molecular formula is C25H30N4O3. The van der Waals surface area contributed by atoms with Crippen molar-refractivity contribution < 1.29 is 14.3 Å². The summed E-state index contributed by atoms with van der Waals surface area (Å²) in [7, 11) is 1.63. The van der Waals surface area contributed by atoms with Crippen molar-refractivity contribution in [3.05, 3.63) is 59.9 Å². The number of nitrogens with one attached hydrogen (secondary N) is 1. The fourth-order valence-electron chi connectivity index (χ4n) is 5.74. The van der Waals surface area contributed by atoms with E-state index >= 15 is 0 Å². The maximum Gasteiger partial charge on any atom is 0.226 e. The van der Waals surface area contributed by atoms with Gasteiger partial charge in [0.05, 0.1) is 19.4 Å². The summed E-state index contributed by atoms with van der Waals surface area (Å²) in [6.45, 7) is 3.92. The molecule has 168 valence electrons. The van der Waals surface area contributed by atoms with E-state index in [1.165, 1.54) is 5.56 Å². The third kappa shape index (κ3) is 3.97. The molecule has 0 bridgehead atoms. The van der Waals surface area contributed by atoms with Crippen molar-refractivity contribution in [2.45, 2.75) is 31.3 Å². The number of hydrogen-bond acceptors (Lipinski definition) is 5. The van der Waals surface area contributed by atoms with Crippen LogP contribution < -0.4 is 10.1 Å². The number of rotatable bonds is 5. The zero-order valence-corrected chi connectivity index (χ0v) is 18.5. The fraction of sp³-hybridized carbons (Fsp3) is 0.480. The lowest BCUT2D eigenvalue weighted by Crippen LogP contribution is -2.56. The van der Waals surface area contributed by atoms with Gasteiger partial charge in [-0.25, -0.2) is 0 Å². The Morgan fingerprint density at radius 1 is 1.19 bits per heavy atom. The summed E-state index contributed by atoms with van der Waals surface area (Å²) in [6, 6.07) is 11.7. The molecule has 7 nitrogen and oxygen atoms in total. The maximum absolute atomic E-state index is 12.9. The zero-order chi connectivity index (χ0) is 22.1. The average Bonchev–Trinajstić information content (AvgIpc) is 3.34. The van der Waals surface area contributed by atoms with Gasteiger partial charge in [-0.05, 0) is 42.2 Å². The van der Waals surface area contributed by atoms with Gasteiger partial charge >= 0.3 is 0 Å². The highest BCUT2D eigenvalue weighted by Gasteiger charge is 2.57. The zero-order valence-electron chi connectivity index (χ0n) is 18.5. The maximum atomic E-state index is 12.9. The summed E-state index contributed by atoms with van der Waals surface area (Å²) in [4.78, 5) is 34.2. The van der Waals surface area contributed by atoms with Crippen LogP contribution in [0.4, 0.5) is 0 Å². The molecule has 32 heavy (non-hydrogen) atoms. The van der Waals surface area contributed by atoms with E-state index in [0.717, 1.165) is 43.8 Å². The minimum absolute atomic E-state index is 0.0470. The van der Waals surface area contributed by atoms with E-state index in [1.54, 1.807) is 13.3 Å². The highest BCUT2D eigenvalue weighted by atomic mass is 16.5. The molecule has 2 amide bonds. The predicted molar refractivity (Wildman–Crippen MR) is 120 cm³/mol. The SMILES string of the molecule is COc1cccc(CC(=O)N2CCC3(CC2)NC(=O)[C@@H]2CN(Cc4cccnc4)C[C@@H]23)c1. The van der Waals surface area contributed by atoms with Gasteiger partial charge in [0, 0.05) is 56.6 Å². The second kappa shape index (κ2) is 8.54. The van der Waals surface area contributed by atoms with E-state index < -0.39 is 0 Å². The number of fused-ring (bicyclic) bond motifs is 2. The molecule has 1 aromatic heterocycles. The van der Waals surface area contributed by atoms with Crippen LogP contribution >= 0.6 is 0 Å². The minimum Gasteiger partial charge on any atom is -0.497 e. The number of pyridine rings is 1. The first-order valence-corrected chi connectivity index (χ1v) is 11.4. The van der Waals surface area contributed by atoms with E-state index in [1.807, 2.05) is 41.4 Å². The molecule has 0 unspecified atom stereocenters. The summed E-state index contributed by atoms with van der Waals surface area (Å²) < 4.78 is 5.27. The highest BCUT2D eigenvalue weighted by Crippen LogP contribution is 2.44. The number of ether oxygens (including phenoxy) is 1. The van der Waals surface area contributed by atoms with Crippen molar-refractivity contribution in [1.82, 2.24) is 20.1 Å². The summed E-state index contributed by atoms with van der Waals surface area (Å²) in [5.74, 6) is 1.44. The molecule has 1 spiro atoms. The normalized spacial score (nSPS) is 24.4. The Hall–Kier alpha value is -2.93. The quantitative estimate of drug-likeness (QED) is 0.778. The summed E-state index contributed by atoms with van der Waals surface area (Å²) in [5.41, 5.74) is 1.96. The number of aromatic nitrogens is 1. The van der Waals surface area contributed by atoms with Gasteiger partial charge in [-0.3, -0.25) is 19.5 Å². The number of carbonyl (C=O) groups excluding carboxylic acids is 2. The van der Waals surface area contributed by atoms with E-state index in [2.05, 4.69) is 21.3 Å². The smallest absolute Gasteiger partial charge is 0.226 e. The van der Waals surface area contributed by atoms with Crippen LogP contribution in [-0.2, 0) is 22.6 Å². The number of benzene rings is 1. The first-order chi connectivity index (χ1) is 15.6. The first kappa shape index (κ1) is 20.9. The monoisotopic (exact) mass is 434 g/mol. The van der Waals surface area contributed by atoms with Gasteiger partial charge in [-0.15, -0.1) is 0 Å². The fourth-order valence-corrected chi connectivity index (χ4v) is 5.74. The number of nitrogens with zero attached hydrogens (tertiary/aromatic N) is 3. The van der Waals surface area contributed by atoms with Crippen LogP contribution in [0.2, 0.25) is 0 Å². The molecule has 3 saturated heterocycles. The molecule has 1 aromatic carbocycles. The van der Waals surface area contributed by atoms with Gasteiger partial charge in [-0.1, -0.05) is 18.2 Å². The number of carbonyl (C=O) groups is 2. The van der Waals surface area contributed by atoms with Gasteiger partial charge < -0.3 is 15.0 Å². The Kier molecular flexibility index (Phi) is 5.59. The number of piperidine rings is 1. The lowest BCUT2D eigenvalue weighted by molar-refractivity contribution is -0.132. The average molecular weight is 435 g/mol. The molecule has 0 radical (unpaired) electrons. The number of likely N-dealkylation sites (tertiary alicyclic amines) is 2. The van der Waals surface area contributed by atoms with E-state index in [-0.39, 0.29) is 23.3 Å². The van der Waals surface area contributed by atoms with E-state index in [9.17, 15) is 9.59 Å². The van der Waals surface area contributed by atoms with Crippen LogP contribution in [0.15, 0.2) is 48.8 Å². The van der Waals surface area contributed by atoms with Crippen LogP contribution in [0.5, 0.6) is 5.75 Å². The molecule has 4 heterocycles. The number of methoxy groups -OCH3 is 1. The Morgan fingerprint density at radius 3 is 2.75 bits per heavy atom. The van der Waals surface area contributed by atoms with Gasteiger partial charge in [0.25, 0.3) is 0 Å². The molecular weight excluding hydrogens is 404 g/mol. The molecule has 5 rings (SSSR count). The van der Waals surface area contributed by atoms with Crippen LogP contribution in [0.1, 0.15) is 24.0 Å². The van der Waals surface area contributed by atoms with Crippen LogP contribution in [-0.4, -0.2) is 65.4 Å². The largest absolute Gasteiger partial charge is 0.497 e. The molecule has 7 heteroatoms. The van der Waals surface area contributed by atoms with E-state index in [0.29, 0.717) is 25.4 Å². The van der Waals surface area contributed by atoms with Gasteiger partial charge in [0.1, 0.15) is 5.75 Å². The number of amides is 2. The topological polar surface area (TPSA) is 74.8 Å². The summed E-state index contributed by atoms with van der Waals surface area (Å²) >= 11 is 0. The molecule has 1 N–H and O–H groups in total. The molecule has 3 fully saturated rings.